The van der Waals surface area contributed by atoms with Gasteiger partial charge in [0.2, 0.25) is 11.8 Å². The van der Waals surface area contributed by atoms with Crippen LogP contribution in [0, 0.1) is 11.8 Å². The van der Waals surface area contributed by atoms with Crippen LogP contribution in [0.3, 0.4) is 0 Å². The fourth-order valence-electron chi connectivity index (χ4n) is 6.83. The average molecular weight is 516 g/mol. The number of benzene rings is 2. The van der Waals surface area contributed by atoms with Gasteiger partial charge in [-0.15, -0.1) is 0 Å². The number of hydrogen-bond donors (Lipinski definition) is 2. The van der Waals surface area contributed by atoms with Crippen LogP contribution in [0.2, 0.25) is 0 Å². The third-order valence-electron chi connectivity index (χ3n) is 8.99. The van der Waals surface area contributed by atoms with Crippen molar-refractivity contribution in [2.75, 3.05) is 10.6 Å². The Hall–Kier alpha value is -3.15. The molecule has 2 saturated carbocycles. The number of imide groups is 1. The van der Waals surface area contributed by atoms with E-state index in [0.717, 1.165) is 30.4 Å². The summed E-state index contributed by atoms with van der Waals surface area (Å²) in [6, 6.07) is 12.4. The monoisotopic (exact) mass is 515 g/mol. The molecule has 2 aromatic rings. The smallest absolute Gasteiger partial charge is 0.256 e. The van der Waals surface area contributed by atoms with Crippen LogP contribution < -0.4 is 16.0 Å². The Labute approximate surface area is 226 Å². The highest BCUT2D eigenvalue weighted by Gasteiger charge is 2.39. The molecule has 0 aromatic heterocycles. The van der Waals surface area contributed by atoms with E-state index in [1.807, 2.05) is 37.3 Å². The van der Waals surface area contributed by atoms with Crippen molar-refractivity contribution in [1.82, 2.24) is 5.32 Å². The van der Waals surface area contributed by atoms with Gasteiger partial charge in [-0.2, -0.15) is 0 Å². The molecule has 0 radical (unpaired) electrons. The molecule has 0 saturated heterocycles. The zero-order valence-corrected chi connectivity index (χ0v) is 22.6. The molecular weight excluding hydrogens is 474 g/mol. The highest BCUT2D eigenvalue weighted by atomic mass is 16.2. The summed E-state index contributed by atoms with van der Waals surface area (Å²) in [6.07, 6.45) is 12.4. The topological polar surface area (TPSA) is 92.5 Å². The predicted molar refractivity (Wildman–Crippen MR) is 152 cm³/mol. The third kappa shape index (κ3) is 5.50. The Kier molecular flexibility index (Phi) is 8.15. The van der Waals surface area contributed by atoms with Gasteiger partial charge < -0.3 is 11.1 Å². The Balaban J connectivity index is 1.47. The van der Waals surface area contributed by atoms with Crippen molar-refractivity contribution in [3.05, 3.63) is 48.0 Å². The van der Waals surface area contributed by atoms with Gasteiger partial charge in [0.05, 0.1) is 11.6 Å². The van der Waals surface area contributed by atoms with E-state index in [4.69, 9.17) is 5.73 Å². The van der Waals surface area contributed by atoms with E-state index in [-0.39, 0.29) is 17.7 Å². The van der Waals surface area contributed by atoms with E-state index in [2.05, 4.69) is 5.32 Å². The Morgan fingerprint density at radius 3 is 2.39 bits per heavy atom. The molecule has 2 aliphatic carbocycles. The van der Waals surface area contributed by atoms with Gasteiger partial charge in [0, 0.05) is 17.7 Å². The number of fused-ring (bicyclic) bond motifs is 3. The fraction of sp³-hybridized carbons (Fsp3) is 0.531. The van der Waals surface area contributed by atoms with Gasteiger partial charge in [-0.05, 0) is 67.7 Å². The van der Waals surface area contributed by atoms with Gasteiger partial charge in [0.1, 0.15) is 6.04 Å². The van der Waals surface area contributed by atoms with Gasteiger partial charge in [-0.3, -0.25) is 14.4 Å². The van der Waals surface area contributed by atoms with Crippen molar-refractivity contribution >= 4 is 29.1 Å². The lowest BCUT2D eigenvalue weighted by Gasteiger charge is -2.30. The van der Waals surface area contributed by atoms with Crippen LogP contribution in [0.25, 0.3) is 11.1 Å². The Morgan fingerprint density at radius 1 is 0.947 bits per heavy atom. The lowest BCUT2D eigenvalue weighted by atomic mass is 9.85. The molecule has 6 nitrogen and oxygen atoms in total. The second-order valence-electron chi connectivity index (χ2n) is 11.6. The molecule has 0 bridgehead atoms. The summed E-state index contributed by atoms with van der Waals surface area (Å²) in [5, 5.41) is 3.09. The minimum Gasteiger partial charge on any atom is -0.398 e. The zero-order valence-electron chi connectivity index (χ0n) is 22.6. The van der Waals surface area contributed by atoms with Crippen molar-refractivity contribution in [3.63, 3.8) is 0 Å². The number of carbonyl (C=O) groups is 3. The zero-order chi connectivity index (χ0) is 26.6. The fourth-order valence-corrected chi connectivity index (χ4v) is 6.83. The van der Waals surface area contributed by atoms with E-state index >= 15 is 0 Å². The Bertz CT molecular complexity index is 1180. The first-order valence-electron chi connectivity index (χ1n) is 14.6. The van der Waals surface area contributed by atoms with Crippen molar-refractivity contribution in [2.24, 2.45) is 11.8 Å². The summed E-state index contributed by atoms with van der Waals surface area (Å²) < 4.78 is 0. The van der Waals surface area contributed by atoms with Crippen molar-refractivity contribution in [1.29, 1.82) is 0 Å². The average Bonchev–Trinajstić information content (AvgIpc) is 3.41. The normalized spacial score (nSPS) is 20.9. The molecule has 5 rings (SSSR count). The summed E-state index contributed by atoms with van der Waals surface area (Å²) in [6.45, 7) is 1.85. The van der Waals surface area contributed by atoms with Crippen LogP contribution in [0.4, 0.5) is 11.4 Å². The van der Waals surface area contributed by atoms with Crippen LogP contribution >= 0.6 is 0 Å². The summed E-state index contributed by atoms with van der Waals surface area (Å²) in [4.78, 5) is 42.7. The van der Waals surface area contributed by atoms with E-state index in [9.17, 15) is 14.4 Å². The largest absolute Gasteiger partial charge is 0.398 e. The Morgan fingerprint density at radius 2 is 1.63 bits per heavy atom. The van der Waals surface area contributed by atoms with Gasteiger partial charge in [0.15, 0.2) is 0 Å². The maximum Gasteiger partial charge on any atom is 0.256 e. The first-order valence-corrected chi connectivity index (χ1v) is 14.6. The molecule has 2 fully saturated rings. The number of nitrogen functional groups attached to an aromatic ring is 1. The van der Waals surface area contributed by atoms with Crippen LogP contribution in [-0.4, -0.2) is 23.8 Å². The molecule has 38 heavy (non-hydrogen) atoms. The third-order valence-corrected chi connectivity index (χ3v) is 8.99. The first kappa shape index (κ1) is 26.5. The minimum absolute atomic E-state index is 0.0784. The number of nitrogens with zero attached hydrogens (tertiary/aromatic N) is 1. The van der Waals surface area contributed by atoms with E-state index in [1.54, 1.807) is 12.1 Å². The summed E-state index contributed by atoms with van der Waals surface area (Å²) in [7, 11) is 0. The molecule has 0 spiro atoms. The van der Waals surface area contributed by atoms with Crippen molar-refractivity contribution < 1.29 is 14.4 Å². The number of carbonyl (C=O) groups excluding carboxylic acids is 3. The molecule has 6 heteroatoms. The maximum absolute atomic E-state index is 14.3. The minimum atomic E-state index is -0.738. The molecule has 3 amide bonds. The molecular formula is C32H41N3O3. The van der Waals surface area contributed by atoms with Gasteiger partial charge >= 0.3 is 0 Å². The van der Waals surface area contributed by atoms with Crippen LogP contribution in [0.5, 0.6) is 0 Å². The predicted octanol–water partition coefficient (Wildman–Crippen LogP) is 6.34. The summed E-state index contributed by atoms with van der Waals surface area (Å²) in [5.41, 5.74) is 9.93. The number of nitrogens with one attached hydrogen (secondary N) is 1. The van der Waals surface area contributed by atoms with Crippen LogP contribution in [-0.2, 0) is 14.4 Å². The summed E-state index contributed by atoms with van der Waals surface area (Å²) in [5.74, 6) is -0.271. The molecule has 1 unspecified atom stereocenters. The van der Waals surface area contributed by atoms with Gasteiger partial charge in [-0.1, -0.05) is 75.3 Å². The number of nitrogens with two attached hydrogens (primary N) is 1. The van der Waals surface area contributed by atoms with Gasteiger partial charge in [0.25, 0.3) is 5.91 Å². The molecule has 3 aliphatic rings. The van der Waals surface area contributed by atoms with Crippen molar-refractivity contribution in [2.45, 2.75) is 95.9 Å². The second kappa shape index (κ2) is 11.7. The molecule has 1 aliphatic heterocycles. The first-order chi connectivity index (χ1) is 18.4. The molecule has 2 atom stereocenters. The number of hydrogen-bond acceptors (Lipinski definition) is 4. The second-order valence-corrected chi connectivity index (χ2v) is 11.6. The number of rotatable bonds is 7. The SMILES string of the molecule is CC1C(=O)N(C(=O)[C@H](CCC2CCCCC2)NC(=O)CC2CCCC2)c2cccc(N)c2-c2ccccc21. The number of anilines is 2. The highest BCUT2D eigenvalue weighted by molar-refractivity contribution is 6.22. The van der Waals surface area contributed by atoms with E-state index < -0.39 is 12.0 Å². The maximum atomic E-state index is 14.3. The van der Waals surface area contributed by atoms with Crippen LogP contribution in [0.15, 0.2) is 42.5 Å². The molecule has 1 heterocycles. The van der Waals surface area contributed by atoms with Crippen molar-refractivity contribution in [3.8, 4) is 11.1 Å². The van der Waals surface area contributed by atoms with E-state index in [0.29, 0.717) is 41.6 Å². The molecule has 3 N–H and O–H groups in total. The standard InChI is InChI=1S/C32H41N3O3/c1-21-24-14-7-8-15-25(24)30-26(33)16-9-17-28(30)35(31(21)37)32(38)27(19-18-22-10-3-2-4-11-22)34-29(36)20-23-12-5-6-13-23/h7-9,14-17,21-23,27H,2-6,10-13,18-20,33H2,1H3,(H,34,36)/t21?,27-/m0/s1. The van der Waals surface area contributed by atoms with Crippen LogP contribution in [0.1, 0.15) is 95.5 Å². The molecule has 202 valence electrons. The number of amides is 3. The van der Waals surface area contributed by atoms with Gasteiger partial charge in [-0.25, -0.2) is 4.90 Å². The van der Waals surface area contributed by atoms with E-state index in [1.165, 1.54) is 49.8 Å². The summed E-state index contributed by atoms with van der Waals surface area (Å²) >= 11 is 0. The lowest BCUT2D eigenvalue weighted by molar-refractivity contribution is -0.132. The highest BCUT2D eigenvalue weighted by Crippen LogP contribution is 2.44. The lowest BCUT2D eigenvalue weighted by Crippen LogP contribution is -2.52. The quantitative estimate of drug-likeness (QED) is 0.421. The molecule has 2 aromatic carbocycles.